The second-order valence-corrected chi connectivity index (χ2v) is 9.59. The molecule has 1 fully saturated rings. The monoisotopic (exact) mass is 469 g/mol. The molecule has 0 bridgehead atoms. The highest BCUT2D eigenvalue weighted by molar-refractivity contribution is 8.14. The molecule has 9 heteroatoms. The van der Waals surface area contributed by atoms with Gasteiger partial charge in [0.25, 0.3) is 5.91 Å². The average Bonchev–Trinajstić information content (AvgIpc) is 3.14. The van der Waals surface area contributed by atoms with E-state index in [2.05, 4.69) is 27.5 Å². The van der Waals surface area contributed by atoms with Gasteiger partial charge in [0, 0.05) is 18.2 Å². The molecule has 8 nitrogen and oxygen atoms in total. The van der Waals surface area contributed by atoms with Crippen molar-refractivity contribution in [3.05, 3.63) is 29.8 Å². The number of aliphatic imine (C=N–C) groups is 2. The first-order chi connectivity index (χ1) is 16.1. The fourth-order valence-corrected chi connectivity index (χ4v) is 5.14. The summed E-state index contributed by atoms with van der Waals surface area (Å²) in [5.74, 6) is 0.176. The van der Waals surface area contributed by atoms with E-state index >= 15 is 0 Å². The quantitative estimate of drug-likeness (QED) is 0.571. The summed E-state index contributed by atoms with van der Waals surface area (Å²) in [6.07, 6.45) is 7.46. The van der Waals surface area contributed by atoms with Crippen molar-refractivity contribution in [3.8, 4) is 0 Å². The Bertz CT molecular complexity index is 971. The van der Waals surface area contributed by atoms with Crippen LogP contribution in [0.3, 0.4) is 0 Å². The molecular formula is C24H31N5O3S. The molecule has 2 aliphatic heterocycles. The van der Waals surface area contributed by atoms with Gasteiger partial charge in [-0.25, -0.2) is 9.89 Å². The number of nitrogens with one attached hydrogen (secondary N) is 2. The molecule has 33 heavy (non-hydrogen) atoms. The summed E-state index contributed by atoms with van der Waals surface area (Å²) in [5.41, 5.74) is 1.47. The molecule has 4 rings (SSSR count). The number of carbonyl (C=O) groups excluding carboxylic acids is 3. The Kier molecular flexibility index (Phi) is 7.80. The predicted octanol–water partition coefficient (Wildman–Crippen LogP) is 3.13. The second-order valence-electron chi connectivity index (χ2n) is 8.65. The minimum atomic E-state index is -0.783. The number of rotatable bonds is 8. The first-order valence-electron chi connectivity index (χ1n) is 11.9. The van der Waals surface area contributed by atoms with Crippen LogP contribution in [0.25, 0.3) is 0 Å². The standard InChI is InChI=1S/C24H31N5O3S/c1-2-3-13-25-20(30)14-19-23(32)29-22(27-19)17-11-7-8-12-18(17)28-24(29)33-15-21(31)26-16-9-5-4-6-10-16/h7-8,11-12,16,19H,2-6,9-10,13-15H2,1H3,(H,25,30)(H,26,31)/t19-/m0/s1. The van der Waals surface area contributed by atoms with Crippen LogP contribution in [0.4, 0.5) is 5.69 Å². The topological polar surface area (TPSA) is 103 Å². The molecule has 0 unspecified atom stereocenters. The van der Waals surface area contributed by atoms with Crippen LogP contribution in [-0.4, -0.2) is 58.0 Å². The van der Waals surface area contributed by atoms with Gasteiger partial charge in [-0.2, -0.15) is 0 Å². The maximum absolute atomic E-state index is 13.2. The van der Waals surface area contributed by atoms with Crippen LogP contribution < -0.4 is 10.6 Å². The van der Waals surface area contributed by atoms with Crippen LogP contribution in [0, 0.1) is 0 Å². The molecule has 0 aromatic heterocycles. The van der Waals surface area contributed by atoms with Crippen molar-refractivity contribution < 1.29 is 14.4 Å². The minimum Gasteiger partial charge on any atom is -0.356 e. The zero-order valence-electron chi connectivity index (χ0n) is 19.0. The van der Waals surface area contributed by atoms with E-state index < -0.39 is 6.04 Å². The van der Waals surface area contributed by atoms with Gasteiger partial charge in [-0.3, -0.25) is 19.4 Å². The number of amides is 3. The zero-order chi connectivity index (χ0) is 23.2. The lowest BCUT2D eigenvalue weighted by Gasteiger charge is -2.26. The van der Waals surface area contributed by atoms with Crippen LogP contribution in [0.2, 0.25) is 0 Å². The average molecular weight is 470 g/mol. The summed E-state index contributed by atoms with van der Waals surface area (Å²) in [6.45, 7) is 2.65. The Morgan fingerprint density at radius 2 is 1.94 bits per heavy atom. The highest BCUT2D eigenvalue weighted by Gasteiger charge is 2.42. The van der Waals surface area contributed by atoms with Crippen molar-refractivity contribution in [2.75, 3.05) is 12.3 Å². The minimum absolute atomic E-state index is 0.00479. The van der Waals surface area contributed by atoms with Crippen molar-refractivity contribution in [3.63, 3.8) is 0 Å². The van der Waals surface area contributed by atoms with Gasteiger partial charge in [0.1, 0.15) is 11.9 Å². The Morgan fingerprint density at radius 3 is 2.73 bits per heavy atom. The van der Waals surface area contributed by atoms with E-state index in [9.17, 15) is 14.4 Å². The van der Waals surface area contributed by atoms with E-state index in [0.717, 1.165) is 44.1 Å². The largest absolute Gasteiger partial charge is 0.356 e. The smallest absolute Gasteiger partial charge is 0.259 e. The van der Waals surface area contributed by atoms with Gasteiger partial charge in [-0.05, 0) is 31.4 Å². The lowest BCUT2D eigenvalue weighted by molar-refractivity contribution is -0.128. The number of unbranched alkanes of at least 4 members (excludes halogenated alkanes) is 1. The number of nitrogens with zero attached hydrogens (tertiary/aromatic N) is 3. The Labute approximate surface area is 198 Å². The summed E-state index contributed by atoms with van der Waals surface area (Å²) < 4.78 is 0. The van der Waals surface area contributed by atoms with Crippen molar-refractivity contribution in [2.24, 2.45) is 9.98 Å². The van der Waals surface area contributed by atoms with Gasteiger partial charge in [0.05, 0.1) is 17.9 Å². The number of fused-ring (bicyclic) bond motifs is 3. The van der Waals surface area contributed by atoms with Gasteiger partial charge in [-0.15, -0.1) is 0 Å². The molecule has 0 spiro atoms. The molecule has 0 radical (unpaired) electrons. The van der Waals surface area contributed by atoms with E-state index in [1.165, 1.54) is 23.1 Å². The predicted molar refractivity (Wildman–Crippen MR) is 131 cm³/mol. The number of hydrogen-bond donors (Lipinski definition) is 2. The molecular weight excluding hydrogens is 438 g/mol. The zero-order valence-corrected chi connectivity index (χ0v) is 19.8. The molecule has 1 saturated carbocycles. The molecule has 2 heterocycles. The highest BCUT2D eigenvalue weighted by atomic mass is 32.2. The fraction of sp³-hybridized carbons (Fsp3) is 0.542. The third kappa shape index (κ3) is 5.63. The van der Waals surface area contributed by atoms with Crippen LogP contribution in [0.1, 0.15) is 63.9 Å². The third-order valence-electron chi connectivity index (χ3n) is 6.08. The number of benzene rings is 1. The Morgan fingerprint density at radius 1 is 1.15 bits per heavy atom. The molecule has 176 valence electrons. The maximum atomic E-state index is 13.2. The van der Waals surface area contributed by atoms with Gasteiger partial charge in [0.15, 0.2) is 5.17 Å². The number of para-hydroxylation sites is 1. The van der Waals surface area contributed by atoms with Gasteiger partial charge >= 0.3 is 0 Å². The lowest BCUT2D eigenvalue weighted by Crippen LogP contribution is -2.43. The van der Waals surface area contributed by atoms with Crippen LogP contribution in [0.5, 0.6) is 0 Å². The lowest BCUT2D eigenvalue weighted by atomic mass is 9.95. The first-order valence-corrected chi connectivity index (χ1v) is 12.8. The number of hydrogen-bond acceptors (Lipinski definition) is 6. The summed E-state index contributed by atoms with van der Waals surface area (Å²) in [5, 5.41) is 6.40. The fourth-order valence-electron chi connectivity index (χ4n) is 4.33. The molecule has 3 aliphatic rings. The summed E-state index contributed by atoms with van der Waals surface area (Å²) in [6, 6.07) is 6.95. The van der Waals surface area contributed by atoms with E-state index in [-0.39, 0.29) is 35.9 Å². The van der Waals surface area contributed by atoms with Gasteiger partial charge in [0.2, 0.25) is 11.8 Å². The second kappa shape index (κ2) is 11.0. The Balaban J connectivity index is 1.45. The molecule has 1 aromatic rings. The van der Waals surface area contributed by atoms with Gasteiger partial charge in [-0.1, -0.05) is 56.5 Å². The molecule has 0 saturated heterocycles. The van der Waals surface area contributed by atoms with Crippen molar-refractivity contribution in [1.82, 2.24) is 15.5 Å². The first kappa shape index (κ1) is 23.5. The highest BCUT2D eigenvalue weighted by Crippen LogP contribution is 2.34. The van der Waals surface area contributed by atoms with Crippen LogP contribution in [-0.2, 0) is 14.4 Å². The molecule has 1 atom stereocenters. The number of amidine groups is 2. The molecule has 3 amide bonds. The maximum Gasteiger partial charge on any atom is 0.259 e. The van der Waals surface area contributed by atoms with Crippen LogP contribution in [0.15, 0.2) is 34.3 Å². The molecule has 1 aliphatic carbocycles. The van der Waals surface area contributed by atoms with Crippen molar-refractivity contribution in [2.45, 2.75) is 70.4 Å². The molecule has 1 aromatic carbocycles. The third-order valence-corrected chi connectivity index (χ3v) is 7.02. The number of carbonyl (C=O) groups is 3. The van der Waals surface area contributed by atoms with Gasteiger partial charge < -0.3 is 10.6 Å². The van der Waals surface area contributed by atoms with Crippen LogP contribution >= 0.6 is 11.8 Å². The van der Waals surface area contributed by atoms with Crippen molar-refractivity contribution >= 4 is 46.2 Å². The SMILES string of the molecule is CCCCNC(=O)C[C@@H]1N=C2c3ccccc3N=C(SCC(=O)NC3CCCCC3)N2C1=O. The van der Waals surface area contributed by atoms with E-state index in [1.54, 1.807) is 0 Å². The summed E-state index contributed by atoms with van der Waals surface area (Å²) in [4.78, 5) is 48.8. The summed E-state index contributed by atoms with van der Waals surface area (Å²) >= 11 is 1.24. The summed E-state index contributed by atoms with van der Waals surface area (Å²) in [7, 11) is 0. The van der Waals surface area contributed by atoms with Crippen molar-refractivity contribution in [1.29, 1.82) is 0 Å². The Hall–Kier alpha value is -2.68. The van der Waals surface area contributed by atoms with E-state index in [0.29, 0.717) is 23.2 Å². The molecule has 2 N–H and O–H groups in total. The van der Waals surface area contributed by atoms with E-state index in [1.807, 2.05) is 24.3 Å². The normalized spacial score (nSPS) is 20.0. The number of thioether (sulfide) groups is 1. The van der Waals surface area contributed by atoms with E-state index in [4.69, 9.17) is 0 Å².